The van der Waals surface area contributed by atoms with Gasteiger partial charge in [-0.2, -0.15) is 16.5 Å². The van der Waals surface area contributed by atoms with Crippen LogP contribution in [-0.2, 0) is 21.4 Å². The van der Waals surface area contributed by atoms with Gasteiger partial charge in [0, 0.05) is 19.7 Å². The number of carbonyl (C=O) groups excluding carboxylic acids is 1. The number of carbonyl (C=O) groups is 1. The molecule has 1 aliphatic heterocycles. The lowest BCUT2D eigenvalue weighted by atomic mass is 10.1. The van der Waals surface area contributed by atoms with Crippen molar-refractivity contribution in [1.29, 1.82) is 0 Å². The molecule has 7 nitrogen and oxygen atoms in total. The third-order valence-electron chi connectivity index (χ3n) is 4.95. The number of hydrogen-bond donors (Lipinski definition) is 1. The molecular weight excluding hydrogens is 436 g/mol. The van der Waals surface area contributed by atoms with Crippen LogP contribution in [0.25, 0.3) is 0 Å². The molecular formula is C22H28N2O5S2. The normalized spacial score (nSPS) is 14.2. The van der Waals surface area contributed by atoms with Crippen molar-refractivity contribution in [3.05, 3.63) is 53.6 Å². The predicted octanol–water partition coefficient (Wildman–Crippen LogP) is 2.82. The second-order valence-electron chi connectivity index (χ2n) is 7.44. The number of rotatable bonds is 9. The van der Waals surface area contributed by atoms with Gasteiger partial charge in [0.25, 0.3) is 0 Å². The Labute approximate surface area is 188 Å². The van der Waals surface area contributed by atoms with Gasteiger partial charge in [0.2, 0.25) is 15.9 Å². The lowest BCUT2D eigenvalue weighted by molar-refractivity contribution is -0.132. The van der Waals surface area contributed by atoms with Crippen molar-refractivity contribution in [2.24, 2.45) is 0 Å². The second kappa shape index (κ2) is 10.4. The number of nitrogens with zero attached hydrogens (tertiary/aromatic N) is 1. The average Bonchev–Trinajstić information content (AvgIpc) is 2.77. The van der Waals surface area contributed by atoms with Crippen molar-refractivity contribution < 1.29 is 22.7 Å². The molecule has 1 amide bonds. The molecule has 0 fully saturated rings. The quantitative estimate of drug-likeness (QED) is 0.614. The Kier molecular flexibility index (Phi) is 7.85. The summed E-state index contributed by atoms with van der Waals surface area (Å²) < 4.78 is 39.6. The first kappa shape index (κ1) is 23.4. The number of amides is 1. The minimum absolute atomic E-state index is 0.0416. The molecule has 2 aromatic carbocycles. The third kappa shape index (κ3) is 6.15. The maximum atomic E-state index is 13.1. The Morgan fingerprint density at radius 3 is 2.48 bits per heavy atom. The number of nitrogens with one attached hydrogen (secondary N) is 1. The van der Waals surface area contributed by atoms with Gasteiger partial charge in [-0.15, -0.1) is 0 Å². The summed E-state index contributed by atoms with van der Waals surface area (Å²) in [4.78, 5) is 14.7. The fraction of sp³-hybridized carbons (Fsp3) is 0.409. The zero-order chi connectivity index (χ0) is 22.4. The molecule has 0 radical (unpaired) electrons. The zero-order valence-electron chi connectivity index (χ0n) is 18.0. The third-order valence-corrected chi connectivity index (χ3v) is 7.06. The number of thioether (sulfide) groups is 1. The molecule has 1 N–H and O–H groups in total. The standard InChI is InChI=1S/C22H28N2O5S2/c1-16-4-6-17(7-5-16)15-24(2)22(25)19(10-13-30-3)23-31(26,27)18-8-9-20-21(14-18)29-12-11-28-20/h4-9,14,19,23H,10-13,15H2,1-3H3/t19-/m0/s1. The van der Waals surface area contributed by atoms with Crippen LogP contribution in [0.3, 0.4) is 0 Å². The highest BCUT2D eigenvalue weighted by Gasteiger charge is 2.28. The molecule has 2 aromatic rings. The Hall–Kier alpha value is -2.23. The summed E-state index contributed by atoms with van der Waals surface area (Å²) in [7, 11) is -2.24. The highest BCUT2D eigenvalue weighted by Crippen LogP contribution is 2.32. The van der Waals surface area contributed by atoms with Crippen molar-refractivity contribution in [2.45, 2.75) is 30.8 Å². The Morgan fingerprint density at radius 1 is 1.13 bits per heavy atom. The van der Waals surface area contributed by atoms with E-state index >= 15 is 0 Å². The Morgan fingerprint density at radius 2 is 1.81 bits per heavy atom. The topological polar surface area (TPSA) is 84.9 Å². The first-order valence-corrected chi connectivity index (χ1v) is 12.9. The van der Waals surface area contributed by atoms with E-state index in [2.05, 4.69) is 4.72 Å². The van der Waals surface area contributed by atoms with Gasteiger partial charge in [0.1, 0.15) is 19.3 Å². The van der Waals surface area contributed by atoms with E-state index in [0.717, 1.165) is 11.1 Å². The van der Waals surface area contributed by atoms with Crippen LogP contribution in [0.5, 0.6) is 11.5 Å². The first-order chi connectivity index (χ1) is 14.8. The van der Waals surface area contributed by atoms with E-state index in [1.807, 2.05) is 37.4 Å². The van der Waals surface area contributed by atoms with Crippen molar-refractivity contribution in [3.63, 3.8) is 0 Å². The number of sulfonamides is 1. The summed E-state index contributed by atoms with van der Waals surface area (Å²) in [5.41, 5.74) is 2.13. The van der Waals surface area contributed by atoms with E-state index in [0.29, 0.717) is 43.4 Å². The molecule has 9 heteroatoms. The van der Waals surface area contributed by atoms with E-state index in [1.165, 1.54) is 12.1 Å². The first-order valence-electron chi connectivity index (χ1n) is 10.0. The number of aryl methyl sites for hydroxylation is 1. The van der Waals surface area contributed by atoms with E-state index < -0.39 is 16.1 Å². The van der Waals surface area contributed by atoms with Crippen LogP contribution >= 0.6 is 11.8 Å². The second-order valence-corrected chi connectivity index (χ2v) is 10.1. The summed E-state index contributed by atoms with van der Waals surface area (Å²) in [6.07, 6.45) is 2.31. The number of benzene rings is 2. The number of fused-ring (bicyclic) bond motifs is 1. The molecule has 0 spiro atoms. The van der Waals surface area contributed by atoms with Crippen LogP contribution < -0.4 is 14.2 Å². The average molecular weight is 465 g/mol. The molecule has 1 atom stereocenters. The molecule has 1 heterocycles. The van der Waals surface area contributed by atoms with Gasteiger partial charge in [-0.1, -0.05) is 29.8 Å². The maximum Gasteiger partial charge on any atom is 0.241 e. The fourth-order valence-electron chi connectivity index (χ4n) is 3.23. The van der Waals surface area contributed by atoms with Crippen molar-refractivity contribution >= 4 is 27.7 Å². The van der Waals surface area contributed by atoms with Gasteiger partial charge in [-0.25, -0.2) is 8.42 Å². The number of ether oxygens (including phenoxy) is 2. The summed E-state index contributed by atoms with van der Waals surface area (Å²) in [6.45, 7) is 3.20. The minimum atomic E-state index is -3.92. The molecule has 3 rings (SSSR count). The zero-order valence-corrected chi connectivity index (χ0v) is 19.6. The number of hydrogen-bond acceptors (Lipinski definition) is 6. The highest BCUT2D eigenvalue weighted by atomic mass is 32.2. The lowest BCUT2D eigenvalue weighted by Gasteiger charge is -2.25. The van der Waals surface area contributed by atoms with E-state index in [9.17, 15) is 13.2 Å². The summed E-state index contributed by atoms with van der Waals surface area (Å²) in [5, 5.41) is 0. The number of likely N-dealkylation sites (N-methyl/N-ethyl adjacent to an activating group) is 1. The van der Waals surface area contributed by atoms with Gasteiger partial charge in [-0.3, -0.25) is 4.79 Å². The molecule has 0 aromatic heterocycles. The summed E-state index contributed by atoms with van der Waals surface area (Å²) in [5.74, 6) is 1.28. The molecule has 1 aliphatic rings. The van der Waals surface area contributed by atoms with Gasteiger partial charge in [0.05, 0.1) is 4.90 Å². The van der Waals surface area contributed by atoms with Gasteiger partial charge < -0.3 is 14.4 Å². The van der Waals surface area contributed by atoms with Crippen LogP contribution in [-0.4, -0.2) is 57.5 Å². The van der Waals surface area contributed by atoms with E-state index in [4.69, 9.17) is 9.47 Å². The lowest BCUT2D eigenvalue weighted by Crippen LogP contribution is -2.47. The van der Waals surface area contributed by atoms with Crippen molar-refractivity contribution in [2.75, 3.05) is 32.3 Å². The predicted molar refractivity (Wildman–Crippen MR) is 122 cm³/mol. The van der Waals surface area contributed by atoms with Crippen molar-refractivity contribution in [3.8, 4) is 11.5 Å². The molecule has 0 bridgehead atoms. The van der Waals surface area contributed by atoms with E-state index in [1.54, 1.807) is 29.8 Å². The van der Waals surface area contributed by atoms with Crippen LogP contribution in [0.2, 0.25) is 0 Å². The van der Waals surface area contributed by atoms with Crippen LogP contribution in [0.15, 0.2) is 47.4 Å². The van der Waals surface area contributed by atoms with Gasteiger partial charge >= 0.3 is 0 Å². The van der Waals surface area contributed by atoms with Crippen molar-refractivity contribution in [1.82, 2.24) is 9.62 Å². The minimum Gasteiger partial charge on any atom is -0.486 e. The van der Waals surface area contributed by atoms with E-state index in [-0.39, 0.29) is 10.8 Å². The smallest absolute Gasteiger partial charge is 0.241 e. The van der Waals surface area contributed by atoms with Gasteiger partial charge in [-0.05, 0) is 43.0 Å². The molecule has 168 valence electrons. The SMILES string of the molecule is CSCC[C@H](NS(=O)(=O)c1ccc2c(c1)OCCO2)C(=O)N(C)Cc1ccc(C)cc1. The molecule has 0 aliphatic carbocycles. The molecule has 0 saturated carbocycles. The van der Waals surface area contributed by atoms with Crippen LogP contribution in [0, 0.1) is 6.92 Å². The Bertz CT molecular complexity index is 1010. The Balaban J connectivity index is 1.76. The molecule has 0 unspecified atom stereocenters. The summed E-state index contributed by atoms with van der Waals surface area (Å²) >= 11 is 1.56. The summed E-state index contributed by atoms with van der Waals surface area (Å²) in [6, 6.07) is 11.5. The fourth-order valence-corrected chi connectivity index (χ4v) is 4.94. The van der Waals surface area contributed by atoms with Crippen LogP contribution in [0.1, 0.15) is 17.5 Å². The van der Waals surface area contributed by atoms with Gasteiger partial charge in [0.15, 0.2) is 11.5 Å². The molecule has 0 saturated heterocycles. The largest absolute Gasteiger partial charge is 0.486 e. The van der Waals surface area contributed by atoms with Crippen LogP contribution in [0.4, 0.5) is 0 Å². The monoisotopic (exact) mass is 464 g/mol. The molecule has 31 heavy (non-hydrogen) atoms. The maximum absolute atomic E-state index is 13.1. The highest BCUT2D eigenvalue weighted by molar-refractivity contribution is 7.98.